The molecule has 0 aliphatic rings. The quantitative estimate of drug-likeness (QED) is 0.165. The first-order valence-corrected chi connectivity index (χ1v) is 22.5. The van der Waals surface area contributed by atoms with Gasteiger partial charge in [-0.3, -0.25) is 0 Å². The molecule has 4 heterocycles. The van der Waals surface area contributed by atoms with Crippen LogP contribution in [0.5, 0.6) is 0 Å². The van der Waals surface area contributed by atoms with Gasteiger partial charge in [0.2, 0.25) is 0 Å². The average molecular weight is 861 g/mol. The van der Waals surface area contributed by atoms with E-state index in [9.17, 15) is 5.48 Å². The van der Waals surface area contributed by atoms with Crippen LogP contribution in [0.15, 0.2) is 194 Å². The number of hydrogen-bond acceptors (Lipinski definition) is 2. The molecule has 0 saturated heterocycles. The number of aromatic nitrogens is 2. The number of para-hydroxylation sites is 4. The maximum atomic E-state index is 9.29. The van der Waals surface area contributed by atoms with Gasteiger partial charge in [0.1, 0.15) is 0 Å². The second-order valence-electron chi connectivity index (χ2n) is 19.5. The fourth-order valence-corrected chi connectivity index (χ4v) is 10.5. The van der Waals surface area contributed by atoms with Gasteiger partial charge in [-0.1, -0.05) is 138 Å². The summed E-state index contributed by atoms with van der Waals surface area (Å²) in [5.74, 6) is 0. The van der Waals surface area contributed by atoms with Crippen molar-refractivity contribution in [2.45, 2.75) is 52.4 Å². The minimum Gasteiger partial charge on any atom is -0.310 e. The topological polar surface area (TPSA) is 15.3 Å². The smallest absolute Gasteiger partial charge is 0.0645 e. The van der Waals surface area contributed by atoms with Crippen molar-refractivity contribution in [2.24, 2.45) is 0 Å². The highest BCUT2D eigenvalue weighted by molar-refractivity contribution is 6.32. The number of benzene rings is 9. The van der Waals surface area contributed by atoms with Gasteiger partial charge in [-0.15, -0.1) is 0 Å². The van der Waals surface area contributed by atoms with Crippen molar-refractivity contribution in [3.63, 3.8) is 0 Å². The Kier molecular flexibility index (Phi) is 6.21. The van der Waals surface area contributed by atoms with Crippen LogP contribution in [0.1, 0.15) is 66.4 Å². The molecule has 318 valence electrons. The largest absolute Gasteiger partial charge is 0.310 e. The maximum Gasteiger partial charge on any atom is 0.0645 e. The predicted molar refractivity (Wildman–Crippen MR) is 283 cm³/mol. The van der Waals surface area contributed by atoms with Crippen molar-refractivity contribution in [3.8, 4) is 0 Å². The Morgan fingerprint density at radius 3 is 1.14 bits per heavy atom. The molecule has 4 aromatic heterocycles. The van der Waals surface area contributed by atoms with Crippen LogP contribution >= 0.6 is 0 Å². The Labute approximate surface area is 398 Å². The van der Waals surface area contributed by atoms with E-state index in [0.29, 0.717) is 22.7 Å². The molecule has 0 atom stereocenters. The molecule has 9 aromatic carbocycles. The molecule has 4 nitrogen and oxygen atoms in total. The summed E-state index contributed by atoms with van der Waals surface area (Å²) in [6.07, 6.45) is 0. The van der Waals surface area contributed by atoms with Gasteiger partial charge in [0.15, 0.2) is 0 Å². The van der Waals surface area contributed by atoms with Crippen molar-refractivity contribution >= 4 is 110 Å². The zero-order valence-electron chi connectivity index (χ0n) is 47.5. The van der Waals surface area contributed by atoms with Crippen LogP contribution in [0, 0.1) is 0 Å². The lowest BCUT2D eigenvalue weighted by Crippen LogP contribution is -2.11. The highest BCUT2D eigenvalue weighted by Gasteiger charge is 2.29. The maximum absolute atomic E-state index is 9.29. The van der Waals surface area contributed by atoms with E-state index >= 15 is 0 Å². The molecule has 13 rings (SSSR count). The average Bonchev–Trinajstić information content (AvgIpc) is 4.35. The lowest BCUT2D eigenvalue weighted by molar-refractivity contribution is 0.591. The van der Waals surface area contributed by atoms with Gasteiger partial charge in [0.05, 0.1) is 58.2 Å². The molecule has 0 N–H and O–H groups in total. The predicted octanol–water partition coefficient (Wildman–Crippen LogP) is 17.5. The van der Waals surface area contributed by atoms with E-state index in [1.165, 1.54) is 0 Å². The van der Waals surface area contributed by atoms with Gasteiger partial charge >= 0.3 is 0 Å². The van der Waals surface area contributed by atoms with E-state index in [4.69, 9.17) is 8.22 Å². The highest BCUT2D eigenvalue weighted by atomic mass is 15.2. The first-order chi connectivity index (χ1) is 36.2. The highest BCUT2D eigenvalue weighted by Crippen LogP contribution is 2.52. The molecule has 0 aliphatic carbocycles. The van der Waals surface area contributed by atoms with E-state index in [2.05, 4.69) is 111 Å². The molecule has 66 heavy (non-hydrogen) atoms. The van der Waals surface area contributed by atoms with Gasteiger partial charge in [0.25, 0.3) is 0 Å². The Morgan fingerprint density at radius 2 is 0.758 bits per heavy atom. The summed E-state index contributed by atoms with van der Waals surface area (Å²) >= 11 is 0. The van der Waals surface area contributed by atoms with Crippen molar-refractivity contribution < 1.29 is 13.7 Å². The number of fused-ring (bicyclic) bond motifs is 12. The van der Waals surface area contributed by atoms with E-state index < -0.39 is 36.3 Å². The van der Waals surface area contributed by atoms with E-state index in [-0.39, 0.29) is 46.4 Å². The van der Waals surface area contributed by atoms with Gasteiger partial charge < -0.3 is 18.6 Å². The van der Waals surface area contributed by atoms with Crippen LogP contribution in [-0.2, 0) is 10.8 Å². The van der Waals surface area contributed by atoms with Crippen LogP contribution in [0.2, 0.25) is 0 Å². The van der Waals surface area contributed by atoms with Crippen molar-refractivity contribution in [1.29, 1.82) is 0 Å². The first-order valence-electron chi connectivity index (χ1n) is 27.5. The van der Waals surface area contributed by atoms with Crippen molar-refractivity contribution in [1.82, 2.24) is 8.80 Å². The summed E-state index contributed by atoms with van der Waals surface area (Å²) in [5.41, 5.74) is 10.3. The number of hydrogen-bond donors (Lipinski definition) is 0. The third-order valence-corrected chi connectivity index (χ3v) is 13.6. The molecule has 4 heteroatoms. The molecule has 0 saturated carbocycles. The van der Waals surface area contributed by atoms with Crippen LogP contribution in [-0.4, -0.2) is 8.80 Å². The molecule has 0 unspecified atom stereocenters. The zero-order chi connectivity index (χ0) is 53.3. The molecular formula is C62H50N4. The Hall–Kier alpha value is -7.82. The van der Waals surface area contributed by atoms with E-state index in [0.717, 1.165) is 87.3 Å². The second-order valence-corrected chi connectivity index (χ2v) is 19.5. The lowest BCUT2D eigenvalue weighted by atomic mass is 9.86. The van der Waals surface area contributed by atoms with E-state index in [1.54, 1.807) is 0 Å². The summed E-state index contributed by atoms with van der Waals surface area (Å²) < 4.78 is 94.0. The Bertz CT molecular complexity index is 4260. The molecule has 0 spiro atoms. The minimum atomic E-state index is -0.456. The molecule has 13 aromatic rings. The van der Waals surface area contributed by atoms with Crippen LogP contribution in [0.4, 0.5) is 34.1 Å². The van der Waals surface area contributed by atoms with Crippen LogP contribution in [0.25, 0.3) is 76.2 Å². The van der Waals surface area contributed by atoms with Crippen molar-refractivity contribution in [2.75, 3.05) is 9.80 Å². The Morgan fingerprint density at radius 1 is 0.364 bits per heavy atom. The van der Waals surface area contributed by atoms with Crippen LogP contribution in [0.3, 0.4) is 0 Å². The van der Waals surface area contributed by atoms with Gasteiger partial charge in [-0.2, -0.15) is 0 Å². The van der Waals surface area contributed by atoms with Gasteiger partial charge in [-0.25, -0.2) is 0 Å². The molecular weight excluding hydrogens is 801 g/mol. The standard InChI is InChI=1S/C62H50N4/c1-61(2,3)39-27-31-51-49(35-39)57-53(63(41-19-11-7-12-20-41)42-21-13-8-14-22-42)33-29-45-47-38-56-48(37-55(47)65(51)59(45)57)46-30-34-54(64(43-23-15-9-16-24-43)44-25-17-10-18-26-44)58-50-36-40(62(4,5)6)28-32-52(50)66(56)60(46)58/h7-38H,1-6H3/i7D,9D,11D,12D,15D,16D,19D,20D,23D,24D. The molecule has 0 amide bonds. The van der Waals surface area contributed by atoms with Crippen molar-refractivity contribution in [3.05, 3.63) is 205 Å². The van der Waals surface area contributed by atoms with Gasteiger partial charge in [-0.05, 0) is 119 Å². The summed E-state index contributed by atoms with van der Waals surface area (Å²) in [4.78, 5) is 3.64. The third-order valence-electron chi connectivity index (χ3n) is 13.6. The minimum absolute atomic E-state index is 0.0568. The summed E-state index contributed by atoms with van der Waals surface area (Å²) in [7, 11) is 0. The fraction of sp³-hybridized carbons (Fsp3) is 0.129. The van der Waals surface area contributed by atoms with E-state index in [1.807, 2.05) is 82.6 Å². The zero-order valence-corrected chi connectivity index (χ0v) is 37.5. The van der Waals surface area contributed by atoms with Crippen LogP contribution < -0.4 is 9.80 Å². The summed E-state index contributed by atoms with van der Waals surface area (Å²) in [6.45, 7) is 13.1. The van der Waals surface area contributed by atoms with Gasteiger partial charge in [0, 0.05) is 65.8 Å². The first kappa shape index (κ1) is 29.6. The third kappa shape index (κ3) is 5.51. The normalized spacial score (nSPS) is 14.8. The number of nitrogens with zero attached hydrogens (tertiary/aromatic N) is 4. The second kappa shape index (κ2) is 13.8. The fourth-order valence-electron chi connectivity index (χ4n) is 10.5. The summed E-state index contributed by atoms with van der Waals surface area (Å²) in [5, 5.41) is 7.66. The monoisotopic (exact) mass is 860 g/mol. The lowest BCUT2D eigenvalue weighted by Gasteiger charge is -2.26. The number of rotatable bonds is 6. The molecule has 0 bridgehead atoms. The Balaban J connectivity index is 1.17. The summed E-state index contributed by atoms with van der Waals surface area (Å²) in [6, 6.07) is 41.2. The SMILES string of the molecule is [2H]c1c([2H])c([2H])c(N(c2ccccc2)c2ccc3c4cc5c(cc4n4c6ccc(C(C)(C)C)cc6c2c34)c2ccc(N(c3ccccc3)c3c([2H])c([2H])c([2H])c([2H])c3[2H])c3c4cc(C(C)(C)C)ccc4n5c23)c([2H])c1[2H]. The molecule has 0 aliphatic heterocycles. The molecule has 0 radical (unpaired) electrons. The molecule has 0 fully saturated rings. The number of anilines is 6.